The molecule has 2 rings (SSSR count). The topological polar surface area (TPSA) is 15.3 Å². The molecule has 1 N–H and O–H groups in total. The summed E-state index contributed by atoms with van der Waals surface area (Å²) in [7, 11) is 0. The van der Waals surface area contributed by atoms with E-state index >= 15 is 0 Å². The van der Waals surface area contributed by atoms with Gasteiger partial charge in [-0.2, -0.15) is 0 Å². The standard InChI is InChI=1S/C17H34N2/c1-5-19(12-15-7-6-10-18-15)17-11-14(4)8-9-16(17)13(2)3/h13-18H,5-12H2,1-4H3. The van der Waals surface area contributed by atoms with Crippen LogP contribution in [0.2, 0.25) is 0 Å². The number of nitrogens with one attached hydrogen (secondary N) is 1. The van der Waals surface area contributed by atoms with Crippen molar-refractivity contribution in [3.8, 4) is 0 Å². The maximum Gasteiger partial charge on any atom is 0.0195 e. The molecule has 1 saturated heterocycles. The van der Waals surface area contributed by atoms with Crippen molar-refractivity contribution in [2.24, 2.45) is 17.8 Å². The summed E-state index contributed by atoms with van der Waals surface area (Å²) in [6.45, 7) is 13.4. The molecule has 2 nitrogen and oxygen atoms in total. The Morgan fingerprint density at radius 1 is 1.21 bits per heavy atom. The van der Waals surface area contributed by atoms with E-state index in [9.17, 15) is 0 Å². The van der Waals surface area contributed by atoms with Gasteiger partial charge in [-0.1, -0.05) is 34.1 Å². The number of hydrogen-bond donors (Lipinski definition) is 1. The van der Waals surface area contributed by atoms with Gasteiger partial charge in [-0.15, -0.1) is 0 Å². The van der Waals surface area contributed by atoms with Crippen LogP contribution in [0.1, 0.15) is 59.8 Å². The molecule has 4 atom stereocenters. The van der Waals surface area contributed by atoms with E-state index < -0.39 is 0 Å². The van der Waals surface area contributed by atoms with Crippen LogP contribution in [-0.2, 0) is 0 Å². The minimum atomic E-state index is 0.755. The highest BCUT2D eigenvalue weighted by molar-refractivity contribution is 4.89. The Morgan fingerprint density at radius 3 is 2.58 bits per heavy atom. The van der Waals surface area contributed by atoms with Gasteiger partial charge < -0.3 is 5.32 Å². The Kier molecular flexibility index (Phi) is 5.70. The Hall–Kier alpha value is -0.0800. The van der Waals surface area contributed by atoms with Crippen molar-refractivity contribution in [1.82, 2.24) is 10.2 Å². The molecule has 19 heavy (non-hydrogen) atoms. The molecule has 112 valence electrons. The summed E-state index contributed by atoms with van der Waals surface area (Å²) >= 11 is 0. The quantitative estimate of drug-likeness (QED) is 0.819. The fraction of sp³-hybridized carbons (Fsp3) is 1.00. The SMILES string of the molecule is CCN(CC1CCCN1)C1CC(C)CCC1C(C)C. The zero-order valence-corrected chi connectivity index (χ0v) is 13.5. The second kappa shape index (κ2) is 7.08. The molecular formula is C17H34N2. The fourth-order valence-corrected chi connectivity index (χ4v) is 4.27. The Bertz CT molecular complexity index is 258. The van der Waals surface area contributed by atoms with Gasteiger partial charge in [0.15, 0.2) is 0 Å². The zero-order valence-electron chi connectivity index (χ0n) is 13.5. The van der Waals surface area contributed by atoms with E-state index in [2.05, 4.69) is 37.9 Å². The van der Waals surface area contributed by atoms with Gasteiger partial charge in [-0.25, -0.2) is 0 Å². The number of hydrogen-bond acceptors (Lipinski definition) is 2. The molecule has 1 aliphatic carbocycles. The largest absolute Gasteiger partial charge is 0.313 e. The van der Waals surface area contributed by atoms with Crippen LogP contribution in [0.5, 0.6) is 0 Å². The Balaban J connectivity index is 1.99. The van der Waals surface area contributed by atoms with E-state index in [1.807, 2.05) is 0 Å². The molecule has 0 spiro atoms. The normalized spacial score (nSPS) is 36.3. The van der Waals surface area contributed by atoms with Gasteiger partial charge in [-0.3, -0.25) is 4.90 Å². The van der Waals surface area contributed by atoms with Crippen molar-refractivity contribution in [2.75, 3.05) is 19.6 Å². The summed E-state index contributed by atoms with van der Waals surface area (Å²) in [4.78, 5) is 2.79. The maximum absolute atomic E-state index is 3.67. The maximum atomic E-state index is 3.67. The van der Waals surface area contributed by atoms with Gasteiger partial charge >= 0.3 is 0 Å². The second-order valence-electron chi connectivity index (χ2n) is 7.27. The lowest BCUT2D eigenvalue weighted by Crippen LogP contribution is -2.49. The molecule has 0 aromatic heterocycles. The van der Waals surface area contributed by atoms with Crippen LogP contribution in [0.25, 0.3) is 0 Å². The van der Waals surface area contributed by atoms with Crippen molar-refractivity contribution < 1.29 is 0 Å². The highest BCUT2D eigenvalue weighted by atomic mass is 15.2. The average Bonchev–Trinajstić information content (AvgIpc) is 2.88. The number of rotatable bonds is 5. The van der Waals surface area contributed by atoms with Crippen LogP contribution >= 0.6 is 0 Å². The molecule has 1 aliphatic heterocycles. The van der Waals surface area contributed by atoms with Gasteiger partial charge in [0.2, 0.25) is 0 Å². The van der Waals surface area contributed by atoms with Crippen LogP contribution in [0, 0.1) is 17.8 Å². The smallest absolute Gasteiger partial charge is 0.0195 e. The van der Waals surface area contributed by atoms with Crippen LogP contribution in [0.15, 0.2) is 0 Å². The fourth-order valence-electron chi connectivity index (χ4n) is 4.27. The third-order valence-electron chi connectivity index (χ3n) is 5.48. The van der Waals surface area contributed by atoms with E-state index in [-0.39, 0.29) is 0 Å². The third-order valence-corrected chi connectivity index (χ3v) is 5.48. The molecule has 2 heteroatoms. The molecule has 0 aromatic carbocycles. The molecule has 0 bridgehead atoms. The van der Waals surface area contributed by atoms with Gasteiger partial charge in [0.05, 0.1) is 0 Å². The monoisotopic (exact) mass is 266 g/mol. The van der Waals surface area contributed by atoms with Crippen LogP contribution in [0.4, 0.5) is 0 Å². The van der Waals surface area contributed by atoms with Crippen LogP contribution in [0.3, 0.4) is 0 Å². The van der Waals surface area contributed by atoms with E-state index in [1.165, 1.54) is 51.7 Å². The molecule has 2 aliphatic rings. The van der Waals surface area contributed by atoms with E-state index in [1.54, 1.807) is 0 Å². The van der Waals surface area contributed by atoms with Crippen LogP contribution in [-0.4, -0.2) is 36.6 Å². The van der Waals surface area contributed by atoms with Crippen molar-refractivity contribution in [3.63, 3.8) is 0 Å². The molecule has 0 amide bonds. The van der Waals surface area contributed by atoms with Gasteiger partial charge in [0.1, 0.15) is 0 Å². The highest BCUT2D eigenvalue weighted by Gasteiger charge is 2.34. The molecule has 1 heterocycles. The van der Waals surface area contributed by atoms with Gasteiger partial charge in [0, 0.05) is 18.6 Å². The Morgan fingerprint density at radius 2 is 2.00 bits per heavy atom. The molecular weight excluding hydrogens is 232 g/mol. The first-order chi connectivity index (χ1) is 9.11. The lowest BCUT2D eigenvalue weighted by Gasteiger charge is -2.44. The number of nitrogens with zero attached hydrogens (tertiary/aromatic N) is 1. The molecule has 0 radical (unpaired) electrons. The summed E-state index contributed by atoms with van der Waals surface area (Å²) in [5, 5.41) is 3.67. The van der Waals surface area contributed by atoms with E-state index in [4.69, 9.17) is 0 Å². The predicted octanol–water partition coefficient (Wildman–Crippen LogP) is 3.52. The first-order valence-electron chi connectivity index (χ1n) is 8.59. The van der Waals surface area contributed by atoms with Gasteiger partial charge in [0.25, 0.3) is 0 Å². The van der Waals surface area contributed by atoms with Crippen molar-refractivity contribution in [1.29, 1.82) is 0 Å². The minimum Gasteiger partial charge on any atom is -0.313 e. The van der Waals surface area contributed by atoms with Gasteiger partial charge in [-0.05, 0) is 56.5 Å². The highest BCUT2D eigenvalue weighted by Crippen LogP contribution is 2.36. The first-order valence-corrected chi connectivity index (χ1v) is 8.59. The van der Waals surface area contributed by atoms with E-state index in [0.29, 0.717) is 0 Å². The molecule has 0 aromatic rings. The molecule has 1 saturated carbocycles. The van der Waals surface area contributed by atoms with E-state index in [0.717, 1.165) is 29.8 Å². The second-order valence-corrected chi connectivity index (χ2v) is 7.27. The Labute approximate surface area is 120 Å². The minimum absolute atomic E-state index is 0.755. The van der Waals surface area contributed by atoms with Crippen LogP contribution < -0.4 is 5.32 Å². The van der Waals surface area contributed by atoms with Crippen molar-refractivity contribution in [2.45, 2.75) is 71.9 Å². The zero-order chi connectivity index (χ0) is 13.8. The molecule has 4 unspecified atom stereocenters. The van der Waals surface area contributed by atoms with Crippen molar-refractivity contribution in [3.05, 3.63) is 0 Å². The molecule has 2 fully saturated rings. The lowest BCUT2D eigenvalue weighted by atomic mass is 9.73. The summed E-state index contributed by atoms with van der Waals surface area (Å²) in [6, 6.07) is 1.58. The summed E-state index contributed by atoms with van der Waals surface area (Å²) in [6.07, 6.45) is 7.06. The lowest BCUT2D eigenvalue weighted by molar-refractivity contribution is 0.0574. The number of likely N-dealkylation sites (N-methyl/N-ethyl adjacent to an activating group) is 1. The third kappa shape index (κ3) is 3.95. The summed E-state index contributed by atoms with van der Waals surface area (Å²) in [5.41, 5.74) is 0. The summed E-state index contributed by atoms with van der Waals surface area (Å²) < 4.78 is 0. The van der Waals surface area contributed by atoms with Crippen molar-refractivity contribution >= 4 is 0 Å². The first kappa shape index (κ1) is 15.3. The summed E-state index contributed by atoms with van der Waals surface area (Å²) in [5.74, 6) is 2.67. The average molecular weight is 266 g/mol. The predicted molar refractivity (Wildman–Crippen MR) is 83.4 cm³/mol.